The van der Waals surface area contributed by atoms with Gasteiger partial charge in [-0.1, -0.05) is 64.2 Å². The van der Waals surface area contributed by atoms with Crippen LogP contribution in [0.5, 0.6) is 0 Å². The lowest BCUT2D eigenvalue weighted by Gasteiger charge is -2.39. The predicted octanol–water partition coefficient (Wildman–Crippen LogP) is 5.52. The fraction of sp³-hybridized carbons (Fsp3) is 0.444. The Labute approximate surface area is 124 Å². The second kappa shape index (κ2) is 6.00. The molecule has 0 amide bonds. The molecule has 0 saturated carbocycles. The zero-order valence-electron chi connectivity index (χ0n) is 13.1. The summed E-state index contributed by atoms with van der Waals surface area (Å²) in [6, 6.07) is 1.01. The van der Waals surface area contributed by atoms with Crippen molar-refractivity contribution in [2.75, 3.05) is 0 Å². The van der Waals surface area contributed by atoms with Crippen LogP contribution in [0.4, 0.5) is 0 Å². The molecule has 2 aliphatic carbocycles. The number of hydrogen-bond acceptors (Lipinski definition) is 1. The maximum absolute atomic E-state index is 6.71. The van der Waals surface area contributed by atoms with Crippen LogP contribution >= 0.6 is 0 Å². The van der Waals surface area contributed by atoms with Gasteiger partial charge in [-0.25, -0.2) is 0 Å². The van der Waals surface area contributed by atoms with E-state index in [0.717, 1.165) is 11.8 Å². The molecule has 1 atom stereocenters. The van der Waals surface area contributed by atoms with E-state index in [1.165, 1.54) is 5.57 Å². The van der Waals surface area contributed by atoms with E-state index in [0.29, 0.717) is 17.0 Å². The lowest BCUT2D eigenvalue weighted by atomic mass is 9.98. The minimum absolute atomic E-state index is 0.407. The summed E-state index contributed by atoms with van der Waals surface area (Å²) in [6.45, 7) is 13.2. The van der Waals surface area contributed by atoms with Crippen molar-refractivity contribution in [3.05, 3.63) is 60.4 Å². The third kappa shape index (κ3) is 2.62. The van der Waals surface area contributed by atoms with Gasteiger partial charge in [-0.3, -0.25) is 0 Å². The van der Waals surface area contributed by atoms with Gasteiger partial charge in [-0.05, 0) is 23.2 Å². The summed E-state index contributed by atoms with van der Waals surface area (Å²) in [5, 5.41) is 0. The third-order valence-electron chi connectivity index (χ3n) is 4.52. The van der Waals surface area contributed by atoms with E-state index in [-0.39, 0.29) is 0 Å². The monoisotopic (exact) mass is 286 g/mol. The van der Waals surface area contributed by atoms with Gasteiger partial charge in [0.25, 0.3) is 8.32 Å². The van der Waals surface area contributed by atoms with E-state index in [2.05, 4.69) is 70.7 Å². The highest BCUT2D eigenvalue weighted by Gasteiger charge is 2.43. The third-order valence-corrected chi connectivity index (χ3v) is 9.96. The molecule has 0 aromatic rings. The van der Waals surface area contributed by atoms with Crippen LogP contribution in [0.2, 0.25) is 17.1 Å². The topological polar surface area (TPSA) is 9.23 Å². The van der Waals surface area contributed by atoms with Gasteiger partial charge in [-0.2, -0.15) is 0 Å². The molecule has 108 valence electrons. The first kappa shape index (κ1) is 15.1. The van der Waals surface area contributed by atoms with Crippen molar-refractivity contribution in [2.45, 2.75) is 44.8 Å². The van der Waals surface area contributed by atoms with Crippen molar-refractivity contribution >= 4 is 8.32 Å². The molecule has 0 heterocycles. The Balaban J connectivity index is 2.33. The molecule has 0 aromatic carbocycles. The highest BCUT2D eigenvalue weighted by Crippen LogP contribution is 2.42. The molecular weight excluding hydrogens is 260 g/mol. The van der Waals surface area contributed by atoms with Gasteiger partial charge in [0.1, 0.15) is 5.76 Å². The van der Waals surface area contributed by atoms with Crippen LogP contribution in [0, 0.1) is 5.92 Å². The molecule has 0 aromatic heterocycles. The molecule has 1 nitrogen and oxygen atoms in total. The molecular formula is C18H26OSi. The van der Waals surface area contributed by atoms with Crippen LogP contribution in [0.1, 0.15) is 27.7 Å². The lowest BCUT2D eigenvalue weighted by Crippen LogP contribution is -2.44. The van der Waals surface area contributed by atoms with E-state index in [9.17, 15) is 0 Å². The first-order chi connectivity index (χ1) is 9.51. The molecule has 0 fully saturated rings. The molecule has 0 aliphatic heterocycles. The van der Waals surface area contributed by atoms with Crippen molar-refractivity contribution in [2.24, 2.45) is 5.92 Å². The van der Waals surface area contributed by atoms with Crippen molar-refractivity contribution < 1.29 is 4.43 Å². The SMILES string of the molecule is C=CC[Si](OC1=C2C=CC=CC2C=C1)(C(C)C)C(C)C. The van der Waals surface area contributed by atoms with Gasteiger partial charge in [0.2, 0.25) is 0 Å². The average molecular weight is 286 g/mol. The summed E-state index contributed by atoms with van der Waals surface area (Å²) in [5.74, 6) is 1.50. The molecule has 0 radical (unpaired) electrons. The fourth-order valence-electron chi connectivity index (χ4n) is 3.20. The molecule has 2 rings (SSSR count). The number of hydrogen-bond donors (Lipinski definition) is 0. The van der Waals surface area contributed by atoms with Crippen LogP contribution in [0.3, 0.4) is 0 Å². The maximum atomic E-state index is 6.71. The Morgan fingerprint density at radius 2 is 1.85 bits per heavy atom. The van der Waals surface area contributed by atoms with Crippen LogP contribution in [-0.2, 0) is 4.43 Å². The smallest absolute Gasteiger partial charge is 0.259 e. The van der Waals surface area contributed by atoms with E-state index in [1.807, 2.05) is 6.08 Å². The predicted molar refractivity (Wildman–Crippen MR) is 90.0 cm³/mol. The zero-order chi connectivity index (χ0) is 14.8. The van der Waals surface area contributed by atoms with E-state index < -0.39 is 8.32 Å². The van der Waals surface area contributed by atoms with Crippen LogP contribution < -0.4 is 0 Å². The zero-order valence-corrected chi connectivity index (χ0v) is 14.1. The first-order valence-corrected chi connectivity index (χ1v) is 9.85. The Morgan fingerprint density at radius 3 is 2.45 bits per heavy atom. The molecule has 0 spiro atoms. The molecule has 2 heteroatoms. The quantitative estimate of drug-likeness (QED) is 0.461. The van der Waals surface area contributed by atoms with Gasteiger partial charge >= 0.3 is 0 Å². The van der Waals surface area contributed by atoms with Crippen molar-refractivity contribution in [1.82, 2.24) is 0 Å². The summed E-state index contributed by atoms with van der Waals surface area (Å²) in [7, 11) is -1.88. The number of fused-ring (bicyclic) bond motifs is 1. The van der Waals surface area contributed by atoms with Crippen molar-refractivity contribution in [3.8, 4) is 0 Å². The largest absolute Gasteiger partial charge is 0.542 e. The summed E-state index contributed by atoms with van der Waals surface area (Å²) in [4.78, 5) is 0. The molecule has 1 unspecified atom stereocenters. The van der Waals surface area contributed by atoms with E-state index in [1.54, 1.807) is 0 Å². The highest BCUT2D eigenvalue weighted by atomic mass is 28.4. The minimum atomic E-state index is -1.88. The Kier molecular flexibility index (Phi) is 4.54. The molecule has 0 bridgehead atoms. The first-order valence-electron chi connectivity index (χ1n) is 7.58. The Hall–Kier alpha value is -1.28. The normalized spacial score (nSPS) is 21.0. The summed E-state index contributed by atoms with van der Waals surface area (Å²) < 4.78 is 6.71. The van der Waals surface area contributed by atoms with E-state index >= 15 is 0 Å². The van der Waals surface area contributed by atoms with Crippen molar-refractivity contribution in [3.63, 3.8) is 0 Å². The van der Waals surface area contributed by atoms with E-state index in [4.69, 9.17) is 4.43 Å². The highest BCUT2D eigenvalue weighted by molar-refractivity contribution is 6.77. The van der Waals surface area contributed by atoms with Crippen LogP contribution in [0.25, 0.3) is 0 Å². The lowest BCUT2D eigenvalue weighted by molar-refractivity contribution is 0.398. The number of allylic oxidation sites excluding steroid dienone is 8. The average Bonchev–Trinajstić information content (AvgIpc) is 2.81. The fourth-order valence-corrected chi connectivity index (χ4v) is 7.08. The van der Waals surface area contributed by atoms with Gasteiger partial charge in [0, 0.05) is 11.5 Å². The second-order valence-corrected chi connectivity index (χ2v) is 11.1. The van der Waals surface area contributed by atoms with Gasteiger partial charge < -0.3 is 4.43 Å². The molecule has 20 heavy (non-hydrogen) atoms. The minimum Gasteiger partial charge on any atom is -0.542 e. The summed E-state index contributed by atoms with van der Waals surface area (Å²) >= 11 is 0. The second-order valence-electron chi connectivity index (χ2n) is 6.31. The molecule has 0 saturated heterocycles. The Morgan fingerprint density at radius 1 is 1.15 bits per heavy atom. The Bertz CT molecular complexity index is 484. The van der Waals surface area contributed by atoms with Crippen LogP contribution in [-0.4, -0.2) is 8.32 Å². The van der Waals surface area contributed by atoms with Gasteiger partial charge in [0.15, 0.2) is 0 Å². The molecule has 0 N–H and O–H groups in total. The van der Waals surface area contributed by atoms with Crippen LogP contribution in [0.15, 0.2) is 60.4 Å². The summed E-state index contributed by atoms with van der Waals surface area (Å²) in [5.41, 5.74) is 2.46. The van der Waals surface area contributed by atoms with Crippen molar-refractivity contribution in [1.29, 1.82) is 0 Å². The van der Waals surface area contributed by atoms with Gasteiger partial charge in [-0.15, -0.1) is 6.58 Å². The van der Waals surface area contributed by atoms with Gasteiger partial charge in [0.05, 0.1) is 0 Å². The molecule has 2 aliphatic rings. The maximum Gasteiger partial charge on any atom is 0.259 e. The summed E-state index contributed by atoms with van der Waals surface area (Å²) in [6.07, 6.45) is 15.1. The number of rotatable bonds is 6. The standard InChI is InChI=1S/C18H26OSi/c1-6-13-20(14(2)3,15(4)5)19-18-12-11-16-9-7-8-10-17(16)18/h6-12,14-16H,1,13H2,2-5H3.